The molecule has 2 fully saturated rings. The van der Waals surface area contributed by atoms with Crippen molar-refractivity contribution in [1.82, 2.24) is 5.32 Å². The minimum absolute atomic E-state index is 0.0632. The molecule has 6 nitrogen and oxygen atoms in total. The van der Waals surface area contributed by atoms with Gasteiger partial charge in [-0.2, -0.15) is 0 Å². The van der Waals surface area contributed by atoms with E-state index in [0.717, 1.165) is 25.7 Å². The van der Waals surface area contributed by atoms with Gasteiger partial charge in [0, 0.05) is 18.5 Å². The molecule has 1 aliphatic heterocycles. The molecular weight excluding hydrogens is 248 g/mol. The van der Waals surface area contributed by atoms with Crippen LogP contribution in [0.4, 0.5) is 0 Å². The second-order valence-corrected chi connectivity index (χ2v) is 5.71. The number of hydrogen-bond acceptors (Lipinski definition) is 4. The van der Waals surface area contributed by atoms with Gasteiger partial charge in [0.25, 0.3) is 0 Å². The summed E-state index contributed by atoms with van der Waals surface area (Å²) in [6.45, 7) is 0.374. The zero-order valence-corrected chi connectivity index (χ0v) is 11.1. The quantitative estimate of drug-likeness (QED) is 0.671. The molecule has 1 saturated carbocycles. The SMILES string of the molecule is NC1(CC(=O)NCC2CCC(C(=O)O)O2)CCCC1. The monoisotopic (exact) mass is 270 g/mol. The van der Waals surface area contributed by atoms with Crippen LogP contribution in [-0.2, 0) is 14.3 Å². The van der Waals surface area contributed by atoms with Crippen LogP contribution in [0.3, 0.4) is 0 Å². The first-order valence-corrected chi connectivity index (χ1v) is 6.92. The summed E-state index contributed by atoms with van der Waals surface area (Å²) in [5.74, 6) is -0.993. The zero-order valence-electron chi connectivity index (χ0n) is 11.1. The van der Waals surface area contributed by atoms with E-state index in [0.29, 0.717) is 25.8 Å². The number of hydrogen-bond donors (Lipinski definition) is 3. The third kappa shape index (κ3) is 3.91. The standard InChI is InChI=1S/C13H22N2O4/c14-13(5-1-2-6-13)7-11(16)15-8-9-3-4-10(19-9)12(17)18/h9-10H,1-8,14H2,(H,15,16)(H,17,18). The number of nitrogens with one attached hydrogen (secondary N) is 1. The van der Waals surface area contributed by atoms with E-state index >= 15 is 0 Å². The second kappa shape index (κ2) is 5.88. The number of amides is 1. The van der Waals surface area contributed by atoms with Gasteiger partial charge in [-0.25, -0.2) is 4.79 Å². The Balaban J connectivity index is 1.68. The molecule has 1 amide bonds. The Bertz CT molecular complexity index is 353. The van der Waals surface area contributed by atoms with Crippen molar-refractivity contribution in [1.29, 1.82) is 0 Å². The molecule has 19 heavy (non-hydrogen) atoms. The second-order valence-electron chi connectivity index (χ2n) is 5.71. The summed E-state index contributed by atoms with van der Waals surface area (Å²) in [6, 6.07) is 0. The van der Waals surface area contributed by atoms with Crippen molar-refractivity contribution < 1.29 is 19.4 Å². The highest BCUT2D eigenvalue weighted by molar-refractivity contribution is 5.77. The molecule has 0 aromatic rings. The van der Waals surface area contributed by atoms with Crippen LogP contribution in [0.15, 0.2) is 0 Å². The van der Waals surface area contributed by atoms with Crippen molar-refractivity contribution in [2.45, 2.75) is 62.7 Å². The third-order valence-electron chi connectivity index (χ3n) is 4.02. The Morgan fingerprint density at radius 1 is 1.32 bits per heavy atom. The van der Waals surface area contributed by atoms with Gasteiger partial charge < -0.3 is 20.9 Å². The molecule has 0 aromatic heterocycles. The molecule has 6 heteroatoms. The Labute approximate surface area is 112 Å². The molecule has 0 bridgehead atoms. The van der Waals surface area contributed by atoms with E-state index in [1.165, 1.54) is 0 Å². The molecule has 4 N–H and O–H groups in total. The Morgan fingerprint density at radius 3 is 2.58 bits per heavy atom. The molecule has 1 aliphatic carbocycles. The van der Waals surface area contributed by atoms with Gasteiger partial charge in [-0.05, 0) is 25.7 Å². The Morgan fingerprint density at radius 2 is 2.00 bits per heavy atom. The van der Waals surface area contributed by atoms with Crippen LogP contribution < -0.4 is 11.1 Å². The number of nitrogens with two attached hydrogens (primary N) is 1. The molecule has 2 aliphatic rings. The number of ether oxygens (including phenoxy) is 1. The zero-order chi connectivity index (χ0) is 13.9. The van der Waals surface area contributed by atoms with Crippen LogP contribution in [0.2, 0.25) is 0 Å². The van der Waals surface area contributed by atoms with Gasteiger partial charge in [-0.15, -0.1) is 0 Å². The number of carbonyl (C=O) groups excluding carboxylic acids is 1. The summed E-state index contributed by atoms with van der Waals surface area (Å²) in [5.41, 5.74) is 5.79. The molecule has 108 valence electrons. The fourth-order valence-corrected chi connectivity index (χ4v) is 2.90. The van der Waals surface area contributed by atoms with Gasteiger partial charge in [0.15, 0.2) is 6.10 Å². The number of carbonyl (C=O) groups is 2. The lowest BCUT2D eigenvalue weighted by Gasteiger charge is -2.23. The van der Waals surface area contributed by atoms with Gasteiger partial charge in [0.05, 0.1) is 6.10 Å². The number of carboxylic acids is 1. The molecule has 2 unspecified atom stereocenters. The van der Waals surface area contributed by atoms with E-state index in [9.17, 15) is 9.59 Å². The van der Waals surface area contributed by atoms with E-state index in [1.807, 2.05) is 0 Å². The van der Waals surface area contributed by atoms with E-state index in [1.54, 1.807) is 0 Å². The highest BCUT2D eigenvalue weighted by Gasteiger charge is 2.33. The average molecular weight is 270 g/mol. The van der Waals surface area contributed by atoms with Crippen molar-refractivity contribution in [3.8, 4) is 0 Å². The van der Waals surface area contributed by atoms with E-state index in [2.05, 4.69) is 5.32 Å². The summed E-state index contributed by atoms with van der Waals surface area (Å²) in [5, 5.41) is 11.6. The van der Waals surface area contributed by atoms with E-state index < -0.39 is 12.1 Å². The van der Waals surface area contributed by atoms with Crippen molar-refractivity contribution in [2.75, 3.05) is 6.54 Å². The van der Waals surface area contributed by atoms with E-state index in [4.69, 9.17) is 15.6 Å². The maximum absolute atomic E-state index is 11.8. The smallest absolute Gasteiger partial charge is 0.332 e. The highest BCUT2D eigenvalue weighted by atomic mass is 16.5. The third-order valence-corrected chi connectivity index (χ3v) is 4.02. The lowest BCUT2D eigenvalue weighted by atomic mass is 9.94. The molecule has 0 radical (unpaired) electrons. The van der Waals surface area contributed by atoms with Crippen molar-refractivity contribution in [3.63, 3.8) is 0 Å². The van der Waals surface area contributed by atoms with Gasteiger partial charge in [0.1, 0.15) is 0 Å². The number of rotatable bonds is 5. The van der Waals surface area contributed by atoms with Crippen molar-refractivity contribution in [3.05, 3.63) is 0 Å². The van der Waals surface area contributed by atoms with Crippen LogP contribution >= 0.6 is 0 Å². The molecular formula is C13H22N2O4. The maximum atomic E-state index is 11.8. The van der Waals surface area contributed by atoms with Gasteiger partial charge in [-0.3, -0.25) is 4.79 Å². The van der Waals surface area contributed by atoms with Crippen LogP contribution in [0.25, 0.3) is 0 Å². The van der Waals surface area contributed by atoms with E-state index in [-0.39, 0.29) is 17.6 Å². The fraction of sp³-hybridized carbons (Fsp3) is 0.846. The number of aliphatic carboxylic acids is 1. The topological polar surface area (TPSA) is 102 Å². The summed E-state index contributed by atoms with van der Waals surface area (Å²) in [7, 11) is 0. The lowest BCUT2D eigenvalue weighted by molar-refractivity contribution is -0.149. The molecule has 1 heterocycles. The van der Waals surface area contributed by atoms with Gasteiger partial charge in [-0.1, -0.05) is 12.8 Å². The summed E-state index contributed by atoms with van der Waals surface area (Å²) >= 11 is 0. The molecule has 0 spiro atoms. The Hall–Kier alpha value is -1.14. The molecule has 2 atom stereocenters. The molecule has 0 aromatic carbocycles. The van der Waals surface area contributed by atoms with Crippen molar-refractivity contribution in [2.24, 2.45) is 5.73 Å². The molecule has 2 rings (SSSR count). The fourth-order valence-electron chi connectivity index (χ4n) is 2.90. The first kappa shape index (κ1) is 14.3. The molecule has 1 saturated heterocycles. The maximum Gasteiger partial charge on any atom is 0.332 e. The van der Waals surface area contributed by atoms with Crippen LogP contribution in [-0.4, -0.2) is 41.3 Å². The first-order valence-electron chi connectivity index (χ1n) is 6.92. The predicted octanol–water partition coefficient (Wildman–Crippen LogP) is 0.396. The van der Waals surface area contributed by atoms with Crippen LogP contribution in [0, 0.1) is 0 Å². The van der Waals surface area contributed by atoms with Gasteiger partial charge >= 0.3 is 5.97 Å². The largest absolute Gasteiger partial charge is 0.479 e. The first-order chi connectivity index (χ1) is 8.98. The summed E-state index contributed by atoms with van der Waals surface area (Å²) in [6.07, 6.45) is 4.61. The highest BCUT2D eigenvalue weighted by Crippen LogP contribution is 2.29. The number of carboxylic acid groups (broad SMARTS) is 1. The Kier molecular flexibility index (Phi) is 4.42. The summed E-state index contributed by atoms with van der Waals surface area (Å²) in [4.78, 5) is 22.5. The van der Waals surface area contributed by atoms with Crippen LogP contribution in [0.1, 0.15) is 44.9 Å². The van der Waals surface area contributed by atoms with Crippen LogP contribution in [0.5, 0.6) is 0 Å². The average Bonchev–Trinajstić information content (AvgIpc) is 2.95. The van der Waals surface area contributed by atoms with Gasteiger partial charge in [0.2, 0.25) is 5.91 Å². The van der Waals surface area contributed by atoms with Crippen molar-refractivity contribution >= 4 is 11.9 Å². The predicted molar refractivity (Wildman–Crippen MR) is 68.5 cm³/mol. The lowest BCUT2D eigenvalue weighted by Crippen LogP contribution is -2.43. The summed E-state index contributed by atoms with van der Waals surface area (Å²) < 4.78 is 5.32. The normalized spacial score (nSPS) is 29.3. The minimum atomic E-state index is -0.930. The minimum Gasteiger partial charge on any atom is -0.479 e.